The molecule has 0 saturated carbocycles. The zero-order chi connectivity index (χ0) is 33.7. The van der Waals surface area contributed by atoms with Crippen LogP contribution in [0.5, 0.6) is 0 Å². The molecule has 0 unspecified atom stereocenters. The van der Waals surface area contributed by atoms with Crippen LogP contribution in [0.4, 0.5) is 0 Å². The van der Waals surface area contributed by atoms with Crippen LogP contribution in [0.25, 0.3) is 11.1 Å². The molecule has 48 heavy (non-hydrogen) atoms. The third kappa shape index (κ3) is 10.3. The summed E-state index contributed by atoms with van der Waals surface area (Å²) in [7, 11) is 2.11. The molecule has 4 N–H and O–H groups in total. The number of amides is 2. The number of nitrogens with zero attached hydrogens (tertiary/aromatic N) is 2. The first kappa shape index (κ1) is 34.9. The number of hydrogen-bond acceptors (Lipinski definition) is 8. The summed E-state index contributed by atoms with van der Waals surface area (Å²) in [5.74, 6) is -0.653. The lowest BCUT2D eigenvalue weighted by atomic mass is 9.99. The molecule has 0 aliphatic carbocycles. The molecule has 0 radical (unpaired) electrons. The van der Waals surface area contributed by atoms with Gasteiger partial charge in [-0.05, 0) is 59.5 Å². The first-order valence-electron chi connectivity index (χ1n) is 16.4. The molecule has 10 nitrogen and oxygen atoms in total. The van der Waals surface area contributed by atoms with Crippen molar-refractivity contribution >= 4 is 11.8 Å². The fourth-order valence-corrected chi connectivity index (χ4v) is 5.77. The Bertz CT molecular complexity index is 1600. The average Bonchev–Trinajstić information content (AvgIpc) is 3.13. The maximum Gasteiger partial charge on any atom is 0.243 e. The van der Waals surface area contributed by atoms with Crippen LogP contribution in [0.1, 0.15) is 66.0 Å². The average molecular weight is 653 g/mol. The number of aliphatic hydroxyl groups is 1. The number of aliphatic hydroxyl groups excluding tert-OH is 1. The number of rotatable bonds is 15. The third-order valence-corrected chi connectivity index (χ3v) is 8.47. The third-order valence-electron chi connectivity index (χ3n) is 8.47. The molecule has 2 heterocycles. The summed E-state index contributed by atoms with van der Waals surface area (Å²) in [6.45, 7) is 1.98. The van der Waals surface area contributed by atoms with Gasteiger partial charge in [-0.25, -0.2) is 5.48 Å². The summed E-state index contributed by atoms with van der Waals surface area (Å²) < 4.78 is 13.1. The van der Waals surface area contributed by atoms with Crippen LogP contribution in [-0.2, 0) is 38.6 Å². The summed E-state index contributed by atoms with van der Waals surface area (Å²) >= 11 is 0. The molecule has 0 spiro atoms. The predicted octanol–water partition coefficient (Wildman–Crippen LogP) is 5.25. The number of carbonyl (C=O) groups is 2. The minimum atomic E-state index is -0.547. The van der Waals surface area contributed by atoms with Gasteiger partial charge < -0.3 is 24.8 Å². The number of ether oxygens (including phenoxy) is 2. The van der Waals surface area contributed by atoms with E-state index in [0.717, 1.165) is 58.6 Å². The Morgan fingerprint density at radius 2 is 1.65 bits per heavy atom. The maximum absolute atomic E-state index is 12.2. The smallest absolute Gasteiger partial charge is 0.243 e. The monoisotopic (exact) mass is 652 g/mol. The van der Waals surface area contributed by atoms with Gasteiger partial charge in [0.1, 0.15) is 0 Å². The topological polar surface area (TPSA) is 133 Å². The van der Waals surface area contributed by atoms with E-state index in [1.807, 2.05) is 85.1 Å². The van der Waals surface area contributed by atoms with Gasteiger partial charge >= 0.3 is 0 Å². The highest BCUT2D eigenvalue weighted by Crippen LogP contribution is 2.38. The summed E-state index contributed by atoms with van der Waals surface area (Å²) in [4.78, 5) is 30.1. The minimum absolute atomic E-state index is 0.00147. The van der Waals surface area contributed by atoms with E-state index >= 15 is 0 Å². The molecule has 1 aromatic heterocycles. The Kier molecular flexibility index (Phi) is 12.8. The van der Waals surface area contributed by atoms with Crippen molar-refractivity contribution in [2.75, 3.05) is 20.1 Å². The molecule has 1 fully saturated rings. The lowest BCUT2D eigenvalue weighted by Gasteiger charge is -2.38. The van der Waals surface area contributed by atoms with E-state index in [2.05, 4.69) is 34.4 Å². The van der Waals surface area contributed by atoms with Crippen molar-refractivity contribution in [1.82, 2.24) is 20.7 Å². The van der Waals surface area contributed by atoms with Crippen molar-refractivity contribution in [2.24, 2.45) is 0 Å². The molecule has 2 amide bonds. The predicted molar refractivity (Wildman–Crippen MR) is 181 cm³/mol. The van der Waals surface area contributed by atoms with Crippen molar-refractivity contribution < 1.29 is 29.4 Å². The molecule has 3 aromatic carbocycles. The Morgan fingerprint density at radius 3 is 2.38 bits per heavy atom. The van der Waals surface area contributed by atoms with Crippen molar-refractivity contribution in [3.63, 3.8) is 0 Å². The lowest BCUT2D eigenvalue weighted by molar-refractivity contribution is -0.252. The number of nitrogens with one attached hydrogen (secondary N) is 2. The van der Waals surface area contributed by atoms with Gasteiger partial charge in [-0.1, -0.05) is 72.8 Å². The number of pyridine rings is 1. The molecule has 1 saturated heterocycles. The minimum Gasteiger partial charge on any atom is -0.392 e. The molecule has 4 aromatic rings. The Morgan fingerprint density at radius 1 is 0.875 bits per heavy atom. The molecule has 1 aliphatic heterocycles. The highest BCUT2D eigenvalue weighted by atomic mass is 16.7. The summed E-state index contributed by atoms with van der Waals surface area (Å²) in [5, 5.41) is 21.0. The zero-order valence-electron chi connectivity index (χ0n) is 27.3. The van der Waals surface area contributed by atoms with Gasteiger partial charge in [0.15, 0.2) is 6.29 Å². The maximum atomic E-state index is 12.2. The van der Waals surface area contributed by atoms with Crippen molar-refractivity contribution in [1.29, 1.82) is 0 Å². The largest absolute Gasteiger partial charge is 0.392 e. The first-order chi connectivity index (χ1) is 23.4. The van der Waals surface area contributed by atoms with Gasteiger partial charge in [0.2, 0.25) is 11.8 Å². The van der Waals surface area contributed by atoms with E-state index in [9.17, 15) is 14.7 Å². The van der Waals surface area contributed by atoms with Crippen LogP contribution in [0.3, 0.4) is 0 Å². The van der Waals surface area contributed by atoms with E-state index in [1.165, 1.54) is 0 Å². The molecule has 1 aliphatic rings. The second-order valence-electron chi connectivity index (χ2n) is 12.2. The number of carbonyl (C=O) groups excluding carboxylic acids is 2. The molecule has 3 atom stereocenters. The lowest BCUT2D eigenvalue weighted by Crippen LogP contribution is -2.38. The van der Waals surface area contributed by atoms with Crippen LogP contribution in [-0.4, -0.2) is 58.3 Å². The Balaban J connectivity index is 1.23. The number of hydroxylamine groups is 1. The second kappa shape index (κ2) is 17.6. The van der Waals surface area contributed by atoms with Gasteiger partial charge in [0, 0.05) is 62.8 Å². The van der Waals surface area contributed by atoms with Gasteiger partial charge in [-0.2, -0.15) is 0 Å². The van der Waals surface area contributed by atoms with Gasteiger partial charge in [-0.15, -0.1) is 0 Å². The van der Waals surface area contributed by atoms with E-state index < -0.39 is 12.2 Å². The van der Waals surface area contributed by atoms with Crippen LogP contribution >= 0.6 is 0 Å². The van der Waals surface area contributed by atoms with Crippen molar-refractivity contribution in [2.45, 2.75) is 63.8 Å². The van der Waals surface area contributed by atoms with E-state index in [4.69, 9.17) is 14.7 Å². The summed E-state index contributed by atoms with van der Waals surface area (Å²) in [6.07, 6.45) is 3.28. The zero-order valence-corrected chi connectivity index (χ0v) is 27.3. The van der Waals surface area contributed by atoms with Crippen LogP contribution in [0.2, 0.25) is 0 Å². The quantitative estimate of drug-likeness (QED) is 0.101. The molecule has 5 rings (SSSR count). The van der Waals surface area contributed by atoms with E-state index in [-0.39, 0.29) is 37.6 Å². The summed E-state index contributed by atoms with van der Waals surface area (Å²) in [6, 6.07) is 30.1. The number of aromatic nitrogens is 1. The molecule has 10 heteroatoms. The molecule has 252 valence electrons. The Hall–Kier alpha value is -4.45. The van der Waals surface area contributed by atoms with Gasteiger partial charge in [0.25, 0.3) is 0 Å². The Labute approximate surface area is 281 Å². The van der Waals surface area contributed by atoms with Gasteiger partial charge in [0.05, 0.1) is 18.8 Å². The van der Waals surface area contributed by atoms with Crippen LogP contribution in [0, 0.1) is 0 Å². The van der Waals surface area contributed by atoms with Crippen molar-refractivity contribution in [3.8, 4) is 11.1 Å². The number of hydrogen-bond donors (Lipinski definition) is 4. The summed E-state index contributed by atoms with van der Waals surface area (Å²) in [5.41, 5.74) is 8.49. The molecular formula is C38H44N4O6. The van der Waals surface area contributed by atoms with Crippen LogP contribution in [0.15, 0.2) is 97.2 Å². The molecule has 0 bridgehead atoms. The normalized spacial score (nSPS) is 17.6. The SMILES string of the molecule is CN(CCc1ccccn1)C[C@H]1C[C@@H](c2ccc(CO)cc2)O[C@@H](c2ccc(-c3cccc(CNC(=O)CCCC(=O)NO)c3)cc2)O1. The second-order valence-corrected chi connectivity index (χ2v) is 12.2. The van der Waals surface area contributed by atoms with E-state index in [1.54, 1.807) is 5.48 Å². The number of benzene rings is 3. The standard InChI is InChI=1S/C38H44N4O6/c1-42(21-19-33-8-2-3-20-39-33)25-34-23-35(30-13-11-27(26-43)12-14-30)48-38(47-34)31-17-15-29(16-18-31)32-7-4-6-28(22-32)24-40-36(44)9-5-10-37(45)41-46/h2-4,6-8,11-18,20,22,34-35,38,43,46H,5,9-10,19,21,23-26H2,1H3,(H,40,44)(H,41,45)/t34-,35+,38+/m1/s1. The highest BCUT2D eigenvalue weighted by Gasteiger charge is 2.32. The highest BCUT2D eigenvalue weighted by molar-refractivity contribution is 5.78. The fourth-order valence-electron chi connectivity index (χ4n) is 5.77. The van der Waals surface area contributed by atoms with Crippen LogP contribution < -0.4 is 10.8 Å². The molecular weight excluding hydrogens is 608 g/mol. The van der Waals surface area contributed by atoms with Crippen molar-refractivity contribution in [3.05, 3.63) is 125 Å². The number of likely N-dealkylation sites (N-methyl/N-ethyl adjacent to an activating group) is 1. The first-order valence-corrected chi connectivity index (χ1v) is 16.4. The fraction of sp³-hybridized carbons (Fsp3) is 0.342. The van der Waals surface area contributed by atoms with Gasteiger partial charge in [-0.3, -0.25) is 19.8 Å². The van der Waals surface area contributed by atoms with E-state index in [0.29, 0.717) is 19.4 Å².